The number of halogens is 2. The molecule has 0 saturated heterocycles. The summed E-state index contributed by atoms with van der Waals surface area (Å²) in [6.45, 7) is 2.32. The van der Waals surface area contributed by atoms with Gasteiger partial charge in [0.25, 0.3) is 0 Å². The third kappa shape index (κ3) is 3.81. The van der Waals surface area contributed by atoms with Gasteiger partial charge in [0.05, 0.1) is 18.7 Å². The summed E-state index contributed by atoms with van der Waals surface area (Å²) in [6, 6.07) is 16.8. The minimum absolute atomic E-state index is 0. The van der Waals surface area contributed by atoms with Gasteiger partial charge in [0.2, 0.25) is 0 Å². The molecule has 6 heteroatoms. The maximum absolute atomic E-state index is 14.8. The topological polar surface area (TPSA) is 42.9 Å². The third-order valence-corrected chi connectivity index (χ3v) is 4.61. The minimum atomic E-state index is -0.280. The fourth-order valence-electron chi connectivity index (χ4n) is 3.39. The number of aliphatic imine (C=N–C) groups is 1. The van der Waals surface area contributed by atoms with Gasteiger partial charge in [-0.15, -0.1) is 12.4 Å². The lowest BCUT2D eigenvalue weighted by Gasteiger charge is -2.19. The lowest BCUT2D eigenvalue weighted by molar-refractivity contribution is 0.146. The highest BCUT2D eigenvalue weighted by Crippen LogP contribution is 2.41. The van der Waals surface area contributed by atoms with Gasteiger partial charge < -0.3 is 14.8 Å². The van der Waals surface area contributed by atoms with E-state index in [1.165, 1.54) is 6.07 Å². The molecule has 4 nitrogen and oxygen atoms in total. The van der Waals surface area contributed by atoms with Gasteiger partial charge in [-0.05, 0) is 22.9 Å². The van der Waals surface area contributed by atoms with E-state index in [0.717, 1.165) is 34.3 Å². The van der Waals surface area contributed by atoms with Crippen molar-refractivity contribution in [2.75, 3.05) is 33.4 Å². The van der Waals surface area contributed by atoms with E-state index in [4.69, 9.17) is 9.47 Å². The molecule has 1 aliphatic rings. The van der Waals surface area contributed by atoms with E-state index < -0.39 is 0 Å². The van der Waals surface area contributed by atoms with Crippen molar-refractivity contribution in [1.29, 1.82) is 0 Å². The summed E-state index contributed by atoms with van der Waals surface area (Å²) in [7, 11) is 1.63. The molecule has 0 atom stereocenters. The zero-order valence-electron chi connectivity index (χ0n) is 15.6. The number of nitrogens with zero attached hydrogens (tertiary/aromatic N) is 1. The summed E-state index contributed by atoms with van der Waals surface area (Å²) in [6.07, 6.45) is 0. The Labute approximate surface area is 169 Å². The summed E-state index contributed by atoms with van der Waals surface area (Å²) >= 11 is 0. The first-order chi connectivity index (χ1) is 13.3. The van der Waals surface area contributed by atoms with Crippen LogP contribution < -0.4 is 10.1 Å². The zero-order chi connectivity index (χ0) is 18.6. The number of fused-ring (bicyclic) bond motifs is 1. The quantitative estimate of drug-likeness (QED) is 0.622. The fourth-order valence-corrected chi connectivity index (χ4v) is 3.39. The number of methoxy groups -OCH3 is 1. The van der Waals surface area contributed by atoms with Crippen LogP contribution in [0.1, 0.15) is 5.56 Å². The molecule has 1 N–H and O–H groups in total. The number of ether oxygens (including phenoxy) is 2. The largest absolute Gasteiger partial charge is 0.490 e. The Balaban J connectivity index is 0.00000225. The highest BCUT2D eigenvalue weighted by atomic mass is 35.5. The zero-order valence-corrected chi connectivity index (χ0v) is 16.4. The second-order valence-corrected chi connectivity index (χ2v) is 6.33. The monoisotopic (exact) mass is 400 g/mol. The van der Waals surface area contributed by atoms with Gasteiger partial charge in [-0.1, -0.05) is 42.5 Å². The molecule has 0 bridgehead atoms. The predicted octanol–water partition coefficient (Wildman–Crippen LogP) is 4.44. The van der Waals surface area contributed by atoms with E-state index in [0.29, 0.717) is 31.1 Å². The van der Waals surface area contributed by atoms with E-state index in [9.17, 15) is 4.39 Å². The molecule has 0 aromatic heterocycles. The molecule has 0 fully saturated rings. The third-order valence-electron chi connectivity index (χ3n) is 4.61. The SMILES string of the molecule is COCCOc1c(C2=NCCN2)cc2ccccc2c1-c1ccccc1F.Cl. The van der Waals surface area contributed by atoms with Gasteiger partial charge in [0.15, 0.2) is 0 Å². The second-order valence-electron chi connectivity index (χ2n) is 6.33. The Kier molecular flexibility index (Phi) is 6.49. The van der Waals surface area contributed by atoms with Crippen LogP contribution in [-0.4, -0.2) is 39.2 Å². The van der Waals surface area contributed by atoms with Crippen molar-refractivity contribution >= 4 is 29.0 Å². The summed E-state index contributed by atoms with van der Waals surface area (Å²) in [4.78, 5) is 4.56. The molecular weight excluding hydrogens is 379 g/mol. The van der Waals surface area contributed by atoms with E-state index in [2.05, 4.69) is 16.4 Å². The molecule has 0 unspecified atom stereocenters. The maximum atomic E-state index is 14.8. The first kappa shape index (κ1) is 20.1. The predicted molar refractivity (Wildman–Crippen MR) is 113 cm³/mol. The molecular formula is C22H22ClFN2O2. The number of hydrogen-bond acceptors (Lipinski definition) is 4. The van der Waals surface area contributed by atoms with Gasteiger partial charge in [-0.25, -0.2) is 4.39 Å². The number of hydrogen-bond donors (Lipinski definition) is 1. The van der Waals surface area contributed by atoms with Crippen molar-refractivity contribution in [1.82, 2.24) is 5.32 Å². The number of rotatable bonds is 6. The summed E-state index contributed by atoms with van der Waals surface area (Å²) in [5.41, 5.74) is 2.11. The van der Waals surface area contributed by atoms with Gasteiger partial charge in [-0.2, -0.15) is 0 Å². The van der Waals surface area contributed by atoms with Crippen LogP contribution in [0.4, 0.5) is 4.39 Å². The number of amidine groups is 1. The molecule has 3 aromatic carbocycles. The van der Waals surface area contributed by atoms with Crippen LogP contribution >= 0.6 is 12.4 Å². The van der Waals surface area contributed by atoms with Crippen LogP contribution in [-0.2, 0) is 4.74 Å². The standard InChI is InChI=1S/C22H21FN2O2.ClH/c1-26-12-13-27-21-18(22-24-10-11-25-22)14-15-6-2-3-7-16(15)20(21)17-8-4-5-9-19(17)23;/h2-9,14H,10-13H2,1H3,(H,24,25);1H. The molecule has 4 rings (SSSR count). The fraction of sp³-hybridized carbons (Fsp3) is 0.227. The van der Waals surface area contributed by atoms with E-state index in [1.807, 2.05) is 30.3 Å². The summed E-state index contributed by atoms with van der Waals surface area (Å²) < 4.78 is 26.0. The maximum Gasteiger partial charge on any atom is 0.138 e. The molecule has 0 radical (unpaired) electrons. The van der Waals surface area contributed by atoms with Crippen LogP contribution in [0.5, 0.6) is 5.75 Å². The Morgan fingerprint density at radius 3 is 2.57 bits per heavy atom. The van der Waals surface area contributed by atoms with Gasteiger partial charge >= 0.3 is 0 Å². The van der Waals surface area contributed by atoms with Crippen molar-refractivity contribution in [2.24, 2.45) is 4.99 Å². The van der Waals surface area contributed by atoms with Crippen LogP contribution in [0.15, 0.2) is 59.6 Å². The normalized spacial score (nSPS) is 13.0. The van der Waals surface area contributed by atoms with E-state index >= 15 is 0 Å². The minimum Gasteiger partial charge on any atom is -0.490 e. The molecule has 0 aliphatic carbocycles. The molecule has 3 aromatic rings. The molecule has 0 amide bonds. The Morgan fingerprint density at radius 1 is 1.04 bits per heavy atom. The Morgan fingerprint density at radius 2 is 1.82 bits per heavy atom. The van der Waals surface area contributed by atoms with Crippen LogP contribution in [0.3, 0.4) is 0 Å². The van der Waals surface area contributed by atoms with Crippen molar-refractivity contribution in [3.8, 4) is 16.9 Å². The number of benzene rings is 3. The van der Waals surface area contributed by atoms with E-state index in [-0.39, 0.29) is 18.2 Å². The van der Waals surface area contributed by atoms with Crippen molar-refractivity contribution < 1.29 is 13.9 Å². The Hall–Kier alpha value is -2.63. The average Bonchev–Trinajstić information content (AvgIpc) is 3.23. The van der Waals surface area contributed by atoms with Crippen molar-refractivity contribution in [2.45, 2.75) is 0 Å². The molecule has 146 valence electrons. The van der Waals surface area contributed by atoms with Crippen LogP contribution in [0.2, 0.25) is 0 Å². The molecule has 1 heterocycles. The molecule has 28 heavy (non-hydrogen) atoms. The molecule has 1 aliphatic heterocycles. The van der Waals surface area contributed by atoms with Crippen LogP contribution in [0.25, 0.3) is 21.9 Å². The van der Waals surface area contributed by atoms with Gasteiger partial charge in [-0.3, -0.25) is 4.99 Å². The lowest BCUT2D eigenvalue weighted by atomic mass is 9.93. The summed E-state index contributed by atoms with van der Waals surface area (Å²) in [5, 5.41) is 5.26. The van der Waals surface area contributed by atoms with Gasteiger partial charge in [0, 0.05) is 24.8 Å². The second kappa shape index (κ2) is 9.04. The highest BCUT2D eigenvalue weighted by molar-refractivity contribution is 6.11. The van der Waals surface area contributed by atoms with Gasteiger partial charge in [0.1, 0.15) is 24.0 Å². The first-order valence-electron chi connectivity index (χ1n) is 9.00. The smallest absolute Gasteiger partial charge is 0.138 e. The first-order valence-corrected chi connectivity index (χ1v) is 9.00. The molecule has 0 spiro atoms. The van der Waals surface area contributed by atoms with E-state index in [1.54, 1.807) is 19.2 Å². The lowest BCUT2D eigenvalue weighted by Crippen LogP contribution is -2.21. The van der Waals surface area contributed by atoms with Crippen LogP contribution in [0, 0.1) is 5.82 Å². The number of nitrogens with one attached hydrogen (secondary N) is 1. The molecule has 0 saturated carbocycles. The van der Waals surface area contributed by atoms with Crippen molar-refractivity contribution in [3.05, 3.63) is 66.0 Å². The highest BCUT2D eigenvalue weighted by Gasteiger charge is 2.22. The summed E-state index contributed by atoms with van der Waals surface area (Å²) in [5.74, 6) is 1.13. The Bertz CT molecular complexity index is 1010. The average molecular weight is 401 g/mol. The van der Waals surface area contributed by atoms with Crippen molar-refractivity contribution in [3.63, 3.8) is 0 Å².